The third kappa shape index (κ3) is 4.79. The van der Waals surface area contributed by atoms with Crippen LogP contribution in [-0.2, 0) is 20.8 Å². The smallest absolute Gasteiger partial charge is 0.334 e. The van der Waals surface area contributed by atoms with E-state index >= 15 is 0 Å². The van der Waals surface area contributed by atoms with Gasteiger partial charge < -0.3 is 5.32 Å². The van der Waals surface area contributed by atoms with Gasteiger partial charge in [0.15, 0.2) is 0 Å². The Morgan fingerprint density at radius 2 is 1.84 bits per heavy atom. The highest BCUT2D eigenvalue weighted by molar-refractivity contribution is 6.45. The summed E-state index contributed by atoms with van der Waals surface area (Å²) in [5.41, 5.74) is 0.958. The molecule has 5 amide bonds. The Labute approximate surface area is 150 Å². The monoisotopic (exact) mass is 365 g/mol. The minimum Gasteiger partial charge on any atom is -0.354 e. The first-order valence-electron chi connectivity index (χ1n) is 7.98. The summed E-state index contributed by atoms with van der Waals surface area (Å²) < 4.78 is 0. The van der Waals surface area contributed by atoms with Crippen LogP contribution in [0.4, 0.5) is 4.79 Å². The van der Waals surface area contributed by atoms with Crippen molar-refractivity contribution in [3.8, 4) is 0 Å². The molecule has 0 unspecified atom stereocenters. The summed E-state index contributed by atoms with van der Waals surface area (Å²) in [5.74, 6) is -2.31. The van der Waals surface area contributed by atoms with E-state index in [0.717, 1.165) is 10.5 Å². The van der Waals surface area contributed by atoms with Gasteiger partial charge in [0.1, 0.15) is 6.54 Å². The van der Waals surface area contributed by atoms with Crippen molar-refractivity contribution < 1.29 is 19.2 Å². The van der Waals surface area contributed by atoms with E-state index in [1.807, 2.05) is 26.0 Å². The molecule has 0 atom stereocenters. The average molecular weight is 366 g/mol. The molecule has 0 spiro atoms. The third-order valence-electron chi connectivity index (χ3n) is 3.61. The van der Waals surface area contributed by atoms with Gasteiger partial charge in [-0.05, 0) is 30.0 Å². The van der Waals surface area contributed by atoms with E-state index < -0.39 is 30.3 Å². The molecule has 1 aliphatic heterocycles. The van der Waals surface area contributed by atoms with Crippen LogP contribution in [0.1, 0.15) is 19.4 Å². The van der Waals surface area contributed by atoms with E-state index in [4.69, 9.17) is 11.6 Å². The number of nitrogens with one attached hydrogen (secondary N) is 1. The topological polar surface area (TPSA) is 86.8 Å². The number of nitrogens with zero attached hydrogens (tertiary/aromatic N) is 2. The lowest BCUT2D eigenvalue weighted by Gasteiger charge is -2.16. The predicted molar refractivity (Wildman–Crippen MR) is 91.8 cm³/mol. The standard InChI is InChI=1S/C17H20ClN3O4/c1-11(2)9-20-15(23)16(24)21(17(20)25)10-14(22)19-7-6-12-4-3-5-13(18)8-12/h3-5,8,11H,6-7,9-10H2,1-2H3,(H,19,22). The molecule has 0 saturated carbocycles. The molecule has 1 N–H and O–H groups in total. The van der Waals surface area contributed by atoms with Crippen LogP contribution in [0.5, 0.6) is 0 Å². The molecule has 8 heteroatoms. The SMILES string of the molecule is CC(C)CN1C(=O)C(=O)N(CC(=O)NCCc2cccc(Cl)c2)C1=O. The highest BCUT2D eigenvalue weighted by Gasteiger charge is 2.45. The van der Waals surface area contributed by atoms with Gasteiger partial charge in [-0.15, -0.1) is 0 Å². The van der Waals surface area contributed by atoms with Crippen LogP contribution in [0.25, 0.3) is 0 Å². The predicted octanol–water partition coefficient (Wildman–Crippen LogP) is 1.45. The lowest BCUT2D eigenvalue weighted by Crippen LogP contribution is -2.42. The number of carbonyl (C=O) groups is 4. The maximum Gasteiger partial charge on any atom is 0.334 e. The van der Waals surface area contributed by atoms with E-state index in [0.29, 0.717) is 22.9 Å². The molecule has 2 rings (SSSR count). The van der Waals surface area contributed by atoms with Crippen LogP contribution in [0.3, 0.4) is 0 Å². The Balaban J connectivity index is 1.86. The van der Waals surface area contributed by atoms with Crippen LogP contribution in [0.15, 0.2) is 24.3 Å². The van der Waals surface area contributed by atoms with Crippen LogP contribution in [0, 0.1) is 5.92 Å². The molecule has 1 aliphatic rings. The van der Waals surface area contributed by atoms with Crippen molar-refractivity contribution in [2.24, 2.45) is 5.92 Å². The van der Waals surface area contributed by atoms with Gasteiger partial charge in [-0.2, -0.15) is 0 Å². The minimum atomic E-state index is -0.962. The summed E-state index contributed by atoms with van der Waals surface area (Å²) in [4.78, 5) is 49.4. The van der Waals surface area contributed by atoms with Gasteiger partial charge >= 0.3 is 17.8 Å². The summed E-state index contributed by atoms with van der Waals surface area (Å²) >= 11 is 5.89. The number of hydrogen-bond donors (Lipinski definition) is 1. The van der Waals surface area contributed by atoms with E-state index in [1.165, 1.54) is 0 Å². The van der Waals surface area contributed by atoms with Crippen LogP contribution < -0.4 is 5.32 Å². The van der Waals surface area contributed by atoms with Crippen molar-refractivity contribution in [3.63, 3.8) is 0 Å². The maximum absolute atomic E-state index is 12.1. The first kappa shape index (κ1) is 18.9. The van der Waals surface area contributed by atoms with Gasteiger partial charge in [-0.3, -0.25) is 19.3 Å². The quantitative estimate of drug-likeness (QED) is 0.585. The molecule has 0 radical (unpaired) electrons. The molecule has 0 bridgehead atoms. The fraction of sp³-hybridized carbons (Fsp3) is 0.412. The molecule has 0 aliphatic carbocycles. The number of hydrogen-bond acceptors (Lipinski definition) is 4. The van der Waals surface area contributed by atoms with E-state index in [2.05, 4.69) is 5.32 Å². The fourth-order valence-corrected chi connectivity index (χ4v) is 2.67. The molecule has 25 heavy (non-hydrogen) atoms. The number of benzene rings is 1. The van der Waals surface area contributed by atoms with Gasteiger partial charge in [0, 0.05) is 18.1 Å². The van der Waals surface area contributed by atoms with Crippen molar-refractivity contribution >= 4 is 35.4 Å². The lowest BCUT2D eigenvalue weighted by molar-refractivity contribution is -0.144. The molecule has 1 saturated heterocycles. The van der Waals surface area contributed by atoms with Gasteiger partial charge in [0.25, 0.3) is 0 Å². The Kier molecular flexibility index (Phi) is 6.14. The van der Waals surface area contributed by atoms with E-state index in [-0.39, 0.29) is 12.5 Å². The number of halogens is 1. The molecule has 0 aromatic heterocycles. The molecular formula is C17H20ClN3O4. The normalized spacial score (nSPS) is 14.6. The zero-order valence-corrected chi connectivity index (χ0v) is 14.9. The molecule has 7 nitrogen and oxygen atoms in total. The Hall–Kier alpha value is -2.41. The summed E-state index contributed by atoms with van der Waals surface area (Å²) in [7, 11) is 0. The van der Waals surface area contributed by atoms with Crippen molar-refractivity contribution in [2.75, 3.05) is 19.6 Å². The number of carbonyl (C=O) groups excluding carboxylic acids is 4. The second-order valence-corrected chi connectivity index (χ2v) is 6.65. The van der Waals surface area contributed by atoms with Crippen LogP contribution >= 0.6 is 11.6 Å². The van der Waals surface area contributed by atoms with Crippen LogP contribution in [-0.4, -0.2) is 53.2 Å². The Bertz CT molecular complexity index is 705. The van der Waals surface area contributed by atoms with Crippen molar-refractivity contribution in [1.29, 1.82) is 0 Å². The van der Waals surface area contributed by atoms with Gasteiger partial charge in [-0.1, -0.05) is 37.6 Å². The Morgan fingerprint density at radius 3 is 2.48 bits per heavy atom. The molecule has 1 heterocycles. The molecule has 1 fully saturated rings. The zero-order chi connectivity index (χ0) is 18.6. The largest absolute Gasteiger partial charge is 0.354 e. The van der Waals surface area contributed by atoms with Crippen molar-refractivity contribution in [1.82, 2.24) is 15.1 Å². The number of urea groups is 1. The molecular weight excluding hydrogens is 346 g/mol. The first-order chi connectivity index (χ1) is 11.8. The van der Waals surface area contributed by atoms with Crippen molar-refractivity contribution in [2.45, 2.75) is 20.3 Å². The van der Waals surface area contributed by atoms with Gasteiger partial charge in [0.2, 0.25) is 5.91 Å². The highest BCUT2D eigenvalue weighted by Crippen LogP contribution is 2.14. The average Bonchev–Trinajstić information content (AvgIpc) is 2.72. The van der Waals surface area contributed by atoms with Crippen LogP contribution in [0.2, 0.25) is 5.02 Å². The second kappa shape index (κ2) is 8.11. The maximum atomic E-state index is 12.1. The number of rotatable bonds is 7. The molecule has 134 valence electrons. The fourth-order valence-electron chi connectivity index (χ4n) is 2.45. The first-order valence-corrected chi connectivity index (χ1v) is 8.36. The van der Waals surface area contributed by atoms with Gasteiger partial charge in [0.05, 0.1) is 0 Å². The van der Waals surface area contributed by atoms with Gasteiger partial charge in [-0.25, -0.2) is 9.69 Å². The lowest BCUT2D eigenvalue weighted by atomic mass is 10.1. The minimum absolute atomic E-state index is 0.0344. The summed E-state index contributed by atoms with van der Waals surface area (Å²) in [6.07, 6.45) is 0.562. The number of imide groups is 2. The highest BCUT2D eigenvalue weighted by atomic mass is 35.5. The summed E-state index contributed by atoms with van der Waals surface area (Å²) in [6, 6.07) is 6.51. The third-order valence-corrected chi connectivity index (χ3v) is 3.84. The summed E-state index contributed by atoms with van der Waals surface area (Å²) in [6.45, 7) is 3.68. The number of amides is 5. The van der Waals surface area contributed by atoms with Crippen molar-refractivity contribution in [3.05, 3.63) is 34.9 Å². The Morgan fingerprint density at radius 1 is 1.16 bits per heavy atom. The second-order valence-electron chi connectivity index (χ2n) is 6.21. The summed E-state index contributed by atoms with van der Waals surface area (Å²) in [5, 5.41) is 3.24. The van der Waals surface area contributed by atoms with E-state index in [9.17, 15) is 19.2 Å². The molecule has 1 aromatic carbocycles. The zero-order valence-electron chi connectivity index (χ0n) is 14.1. The van der Waals surface area contributed by atoms with E-state index in [1.54, 1.807) is 12.1 Å². The molecule has 1 aromatic rings.